The van der Waals surface area contributed by atoms with E-state index in [9.17, 15) is 13.2 Å². The Balaban J connectivity index is 1.75. The summed E-state index contributed by atoms with van der Waals surface area (Å²) in [5.74, 6) is -0.178. The molecule has 1 aliphatic heterocycles. The number of halogens is 1. The van der Waals surface area contributed by atoms with E-state index in [4.69, 9.17) is 0 Å². The average molecular weight is 406 g/mol. The van der Waals surface area contributed by atoms with Crippen LogP contribution in [0.3, 0.4) is 0 Å². The third kappa shape index (κ3) is 5.85. The first-order valence-electron chi connectivity index (χ1n) is 7.48. The minimum atomic E-state index is -3.58. The van der Waals surface area contributed by atoms with E-state index in [1.807, 2.05) is 5.01 Å². The lowest BCUT2D eigenvalue weighted by Gasteiger charge is -2.30. The molecule has 1 aromatic carbocycles. The van der Waals surface area contributed by atoms with Crippen LogP contribution in [0.2, 0.25) is 0 Å². The number of hydrogen-bond donors (Lipinski definition) is 3. The highest BCUT2D eigenvalue weighted by molar-refractivity contribution is 9.10. The van der Waals surface area contributed by atoms with Crippen LogP contribution in [0.5, 0.6) is 0 Å². The molecule has 0 radical (unpaired) electrons. The Labute approximate surface area is 145 Å². The Morgan fingerprint density at radius 2 is 1.87 bits per heavy atom. The van der Waals surface area contributed by atoms with Gasteiger partial charge in [-0.25, -0.2) is 18.1 Å². The lowest BCUT2D eigenvalue weighted by atomic mass is 10.4. The summed E-state index contributed by atoms with van der Waals surface area (Å²) in [5, 5.41) is 1.89. The lowest BCUT2D eigenvalue weighted by molar-refractivity contribution is -0.884. The van der Waals surface area contributed by atoms with Crippen molar-refractivity contribution in [2.75, 3.05) is 39.8 Å². The first-order chi connectivity index (χ1) is 10.9. The predicted octanol–water partition coefficient (Wildman–Crippen LogP) is -1.02. The second kappa shape index (κ2) is 8.20. The molecule has 0 bridgehead atoms. The topological polar surface area (TPSA) is 82.9 Å². The summed E-state index contributed by atoms with van der Waals surface area (Å²) in [6, 6.07) is 6.35. The molecule has 0 spiro atoms. The number of likely N-dealkylation sites (N-methyl/N-ethyl adjacent to an activating group) is 1. The highest BCUT2D eigenvalue weighted by Crippen LogP contribution is 2.14. The maximum atomic E-state index is 12.1. The third-order valence-corrected chi connectivity index (χ3v) is 5.67. The molecule has 0 aliphatic carbocycles. The van der Waals surface area contributed by atoms with E-state index < -0.39 is 10.0 Å². The summed E-state index contributed by atoms with van der Waals surface area (Å²) >= 11 is 3.26. The molecule has 7 nitrogen and oxygen atoms in total. The fourth-order valence-electron chi connectivity index (χ4n) is 2.23. The predicted molar refractivity (Wildman–Crippen MR) is 90.3 cm³/mol. The van der Waals surface area contributed by atoms with Crippen LogP contribution < -0.4 is 15.0 Å². The van der Waals surface area contributed by atoms with Gasteiger partial charge in [-0.3, -0.25) is 10.2 Å². The van der Waals surface area contributed by atoms with Crippen LogP contribution in [0.1, 0.15) is 6.42 Å². The lowest BCUT2D eigenvalue weighted by Crippen LogP contribution is -3.12. The first-order valence-corrected chi connectivity index (χ1v) is 9.75. The first kappa shape index (κ1) is 18.3. The maximum Gasteiger partial charge on any atom is 0.240 e. The van der Waals surface area contributed by atoms with Gasteiger partial charge in [-0.15, -0.1) is 0 Å². The molecule has 1 aliphatic rings. The van der Waals surface area contributed by atoms with E-state index in [0.717, 1.165) is 30.7 Å². The number of benzene rings is 1. The second-order valence-electron chi connectivity index (χ2n) is 5.58. The Morgan fingerprint density at radius 1 is 1.26 bits per heavy atom. The molecule has 0 atom stereocenters. The van der Waals surface area contributed by atoms with Gasteiger partial charge in [0.2, 0.25) is 15.9 Å². The molecule has 1 saturated heterocycles. The fourth-order valence-corrected chi connectivity index (χ4v) is 3.52. The number of quaternary nitrogens is 1. The number of nitrogens with one attached hydrogen (secondary N) is 3. The average Bonchev–Trinajstić information content (AvgIpc) is 2.50. The molecular weight excluding hydrogens is 384 g/mol. The molecule has 9 heteroatoms. The van der Waals surface area contributed by atoms with E-state index in [-0.39, 0.29) is 23.8 Å². The number of carbonyl (C=O) groups excluding carboxylic acids is 1. The smallest absolute Gasteiger partial charge is 0.240 e. The number of piperazine rings is 1. The highest BCUT2D eigenvalue weighted by Gasteiger charge is 2.19. The van der Waals surface area contributed by atoms with Crippen molar-refractivity contribution in [2.45, 2.75) is 11.3 Å². The Bertz CT molecular complexity index is 628. The van der Waals surface area contributed by atoms with Gasteiger partial charge in [0.15, 0.2) is 0 Å². The largest absolute Gasteiger partial charge is 0.335 e. The second-order valence-corrected chi connectivity index (χ2v) is 8.26. The van der Waals surface area contributed by atoms with Gasteiger partial charge in [0, 0.05) is 17.4 Å². The van der Waals surface area contributed by atoms with Crippen LogP contribution in [-0.2, 0) is 14.8 Å². The SMILES string of the molecule is C[NH+]1CCN(NC(=O)CCNS(=O)(=O)c2ccc(Br)cc2)CC1. The number of carbonyl (C=O) groups is 1. The van der Waals surface area contributed by atoms with E-state index in [0.29, 0.717) is 0 Å². The fraction of sp³-hybridized carbons (Fsp3) is 0.500. The summed E-state index contributed by atoms with van der Waals surface area (Å²) in [6.45, 7) is 3.65. The number of nitrogens with zero attached hydrogens (tertiary/aromatic N) is 1. The normalized spacial score (nSPS) is 17.1. The van der Waals surface area contributed by atoms with Crippen LogP contribution in [0.4, 0.5) is 0 Å². The van der Waals surface area contributed by atoms with Gasteiger partial charge in [0.1, 0.15) is 0 Å². The number of sulfonamides is 1. The summed E-state index contributed by atoms with van der Waals surface area (Å²) in [6.07, 6.45) is 0.106. The van der Waals surface area contributed by atoms with Gasteiger partial charge >= 0.3 is 0 Å². The number of rotatable bonds is 6. The van der Waals surface area contributed by atoms with Crippen molar-refractivity contribution in [1.29, 1.82) is 0 Å². The number of hydrazine groups is 1. The summed E-state index contributed by atoms with van der Waals surface area (Å²) in [5.41, 5.74) is 2.81. The standard InChI is InChI=1S/C14H21BrN4O3S/c1-18-8-10-19(11-9-18)17-14(20)6-7-16-23(21,22)13-4-2-12(15)3-5-13/h2-5,16H,6-11H2,1H3,(H,17,20)/p+1. The number of hydrogen-bond acceptors (Lipinski definition) is 4. The maximum absolute atomic E-state index is 12.1. The molecule has 2 rings (SSSR count). The molecule has 1 fully saturated rings. The molecule has 0 unspecified atom stereocenters. The van der Waals surface area contributed by atoms with E-state index in [1.165, 1.54) is 17.0 Å². The highest BCUT2D eigenvalue weighted by atomic mass is 79.9. The van der Waals surface area contributed by atoms with Crippen LogP contribution in [0, 0.1) is 0 Å². The minimum Gasteiger partial charge on any atom is -0.335 e. The monoisotopic (exact) mass is 405 g/mol. The van der Waals surface area contributed by atoms with Crippen molar-refractivity contribution in [3.8, 4) is 0 Å². The Hall–Kier alpha value is -1.00. The van der Waals surface area contributed by atoms with Crippen molar-refractivity contribution < 1.29 is 18.1 Å². The van der Waals surface area contributed by atoms with Crippen LogP contribution in [0.25, 0.3) is 0 Å². The molecular formula is C14H22BrN4O3S+. The zero-order chi connectivity index (χ0) is 16.9. The molecule has 23 heavy (non-hydrogen) atoms. The van der Waals surface area contributed by atoms with Crippen molar-refractivity contribution in [2.24, 2.45) is 0 Å². The van der Waals surface area contributed by atoms with Crippen molar-refractivity contribution in [3.63, 3.8) is 0 Å². The van der Waals surface area contributed by atoms with Crippen LogP contribution in [0.15, 0.2) is 33.6 Å². The summed E-state index contributed by atoms with van der Waals surface area (Å²) in [4.78, 5) is 13.5. The van der Waals surface area contributed by atoms with E-state index in [2.05, 4.69) is 33.1 Å². The van der Waals surface area contributed by atoms with Gasteiger partial charge in [0.05, 0.1) is 38.1 Å². The Kier molecular flexibility index (Phi) is 6.54. The van der Waals surface area contributed by atoms with Crippen molar-refractivity contribution in [1.82, 2.24) is 15.2 Å². The molecule has 1 amide bonds. The molecule has 1 heterocycles. The third-order valence-electron chi connectivity index (χ3n) is 3.67. The van der Waals surface area contributed by atoms with Gasteiger partial charge in [0.25, 0.3) is 0 Å². The van der Waals surface area contributed by atoms with Crippen molar-refractivity contribution in [3.05, 3.63) is 28.7 Å². The molecule has 128 valence electrons. The zero-order valence-electron chi connectivity index (χ0n) is 13.0. The molecule has 3 N–H and O–H groups in total. The molecule has 1 aromatic rings. The molecule has 0 saturated carbocycles. The summed E-state index contributed by atoms with van der Waals surface area (Å²) in [7, 11) is -1.46. The van der Waals surface area contributed by atoms with E-state index >= 15 is 0 Å². The minimum absolute atomic E-state index is 0.0726. The number of amides is 1. The quantitative estimate of drug-likeness (QED) is 0.565. The van der Waals surface area contributed by atoms with Crippen LogP contribution >= 0.6 is 15.9 Å². The molecule has 0 aromatic heterocycles. The van der Waals surface area contributed by atoms with Gasteiger partial charge < -0.3 is 4.90 Å². The van der Waals surface area contributed by atoms with Gasteiger partial charge in [-0.05, 0) is 24.3 Å². The Morgan fingerprint density at radius 3 is 2.48 bits per heavy atom. The van der Waals surface area contributed by atoms with Crippen LogP contribution in [-0.4, -0.2) is 59.1 Å². The summed E-state index contributed by atoms with van der Waals surface area (Å²) < 4.78 is 27.4. The van der Waals surface area contributed by atoms with Gasteiger partial charge in [-0.2, -0.15) is 0 Å². The van der Waals surface area contributed by atoms with Crippen molar-refractivity contribution >= 4 is 31.9 Å². The zero-order valence-corrected chi connectivity index (χ0v) is 15.4. The van der Waals surface area contributed by atoms with Gasteiger partial charge in [-0.1, -0.05) is 15.9 Å². The van der Waals surface area contributed by atoms with E-state index in [1.54, 1.807) is 12.1 Å².